The molecule has 0 aromatic carbocycles. The van der Waals surface area contributed by atoms with Crippen LogP contribution in [0.15, 0.2) is 17.5 Å². The van der Waals surface area contributed by atoms with E-state index >= 15 is 0 Å². The first-order valence-electron chi connectivity index (χ1n) is 6.92. The van der Waals surface area contributed by atoms with Gasteiger partial charge < -0.3 is 15.5 Å². The predicted octanol–water partition coefficient (Wildman–Crippen LogP) is 0.965. The van der Waals surface area contributed by atoms with Crippen molar-refractivity contribution >= 4 is 23.2 Å². The van der Waals surface area contributed by atoms with Crippen LogP contribution in [0.3, 0.4) is 0 Å². The molecule has 1 aromatic heterocycles. The van der Waals surface area contributed by atoms with Crippen LogP contribution in [-0.2, 0) is 16.1 Å². The van der Waals surface area contributed by atoms with Gasteiger partial charge in [0.05, 0.1) is 6.54 Å². The van der Waals surface area contributed by atoms with E-state index in [2.05, 4.69) is 15.5 Å². The van der Waals surface area contributed by atoms with Crippen LogP contribution >= 0.6 is 11.3 Å². The largest absolute Gasteiger partial charge is 0.352 e. The predicted molar refractivity (Wildman–Crippen MR) is 79.4 cm³/mol. The molecule has 20 heavy (non-hydrogen) atoms. The maximum Gasteiger partial charge on any atom is 0.221 e. The third-order valence-electron chi connectivity index (χ3n) is 3.37. The normalized spacial score (nSPS) is 18.9. The zero-order chi connectivity index (χ0) is 14.4. The van der Waals surface area contributed by atoms with Gasteiger partial charge in [-0.05, 0) is 17.9 Å². The minimum Gasteiger partial charge on any atom is -0.352 e. The number of rotatable bonds is 6. The van der Waals surface area contributed by atoms with Crippen LogP contribution < -0.4 is 10.6 Å². The Bertz CT molecular complexity index is 447. The van der Waals surface area contributed by atoms with Gasteiger partial charge in [0, 0.05) is 43.9 Å². The van der Waals surface area contributed by atoms with E-state index in [1.54, 1.807) is 18.3 Å². The van der Waals surface area contributed by atoms with Crippen molar-refractivity contribution < 1.29 is 9.59 Å². The first-order valence-corrected chi connectivity index (χ1v) is 7.80. The van der Waals surface area contributed by atoms with Gasteiger partial charge in [-0.15, -0.1) is 11.3 Å². The maximum atomic E-state index is 11.8. The van der Waals surface area contributed by atoms with Gasteiger partial charge in [-0.25, -0.2) is 0 Å². The zero-order valence-electron chi connectivity index (χ0n) is 11.7. The number of carbonyl (C=O) groups is 2. The van der Waals surface area contributed by atoms with Crippen LogP contribution in [0.1, 0.15) is 24.6 Å². The third kappa shape index (κ3) is 4.94. The average molecular weight is 295 g/mol. The van der Waals surface area contributed by atoms with Gasteiger partial charge in [0.15, 0.2) is 0 Å². The standard InChI is InChI=1S/C14H21N3O2S/c1-11(18)16-12-4-6-17(10-12)7-5-14(19)15-9-13-3-2-8-20-13/h2-3,8,12H,4-7,9-10H2,1H3,(H,15,19)(H,16,18)/t12-/m0/s1. The Morgan fingerprint density at radius 2 is 2.35 bits per heavy atom. The number of likely N-dealkylation sites (tertiary alicyclic amines) is 1. The lowest BCUT2D eigenvalue weighted by Gasteiger charge is -2.15. The molecule has 0 bridgehead atoms. The highest BCUT2D eigenvalue weighted by atomic mass is 32.1. The van der Waals surface area contributed by atoms with Crippen LogP contribution in [-0.4, -0.2) is 42.4 Å². The molecule has 1 aliphatic rings. The van der Waals surface area contributed by atoms with Gasteiger partial charge in [0.1, 0.15) is 0 Å². The molecule has 1 aromatic rings. The molecule has 0 spiro atoms. The Morgan fingerprint density at radius 1 is 1.50 bits per heavy atom. The quantitative estimate of drug-likeness (QED) is 0.822. The van der Waals surface area contributed by atoms with E-state index in [0.717, 1.165) is 26.1 Å². The van der Waals surface area contributed by atoms with Crippen molar-refractivity contribution in [2.75, 3.05) is 19.6 Å². The average Bonchev–Trinajstić information content (AvgIpc) is 3.04. The highest BCUT2D eigenvalue weighted by Gasteiger charge is 2.22. The Hall–Kier alpha value is -1.40. The molecule has 6 heteroatoms. The fraction of sp³-hybridized carbons (Fsp3) is 0.571. The summed E-state index contributed by atoms with van der Waals surface area (Å²) in [6.45, 7) is 4.71. The first-order chi connectivity index (χ1) is 9.63. The maximum absolute atomic E-state index is 11.8. The van der Waals surface area contributed by atoms with E-state index < -0.39 is 0 Å². The number of nitrogens with one attached hydrogen (secondary N) is 2. The summed E-state index contributed by atoms with van der Waals surface area (Å²) in [6.07, 6.45) is 1.48. The van der Waals surface area contributed by atoms with Crippen LogP contribution in [0, 0.1) is 0 Å². The molecule has 0 aliphatic carbocycles. The van der Waals surface area contributed by atoms with Crippen molar-refractivity contribution in [3.63, 3.8) is 0 Å². The molecule has 1 atom stereocenters. The summed E-state index contributed by atoms with van der Waals surface area (Å²) >= 11 is 1.65. The summed E-state index contributed by atoms with van der Waals surface area (Å²) in [6, 6.07) is 4.24. The smallest absolute Gasteiger partial charge is 0.221 e. The van der Waals surface area contributed by atoms with E-state index in [4.69, 9.17) is 0 Å². The molecule has 0 saturated carbocycles. The van der Waals surface area contributed by atoms with E-state index in [1.807, 2.05) is 17.5 Å². The van der Waals surface area contributed by atoms with Crippen LogP contribution in [0.4, 0.5) is 0 Å². The minimum atomic E-state index is 0.0190. The van der Waals surface area contributed by atoms with Gasteiger partial charge >= 0.3 is 0 Å². The van der Waals surface area contributed by atoms with Crippen molar-refractivity contribution in [1.29, 1.82) is 0 Å². The Balaban J connectivity index is 1.60. The molecule has 5 nitrogen and oxygen atoms in total. The third-order valence-corrected chi connectivity index (χ3v) is 4.25. The summed E-state index contributed by atoms with van der Waals surface area (Å²) in [5, 5.41) is 7.86. The minimum absolute atomic E-state index is 0.0190. The second-order valence-electron chi connectivity index (χ2n) is 5.09. The van der Waals surface area contributed by atoms with Crippen molar-refractivity contribution in [2.24, 2.45) is 0 Å². The van der Waals surface area contributed by atoms with Gasteiger partial charge in [0.25, 0.3) is 0 Å². The molecule has 2 N–H and O–H groups in total. The lowest BCUT2D eigenvalue weighted by molar-refractivity contribution is -0.122. The summed E-state index contributed by atoms with van der Waals surface area (Å²) in [7, 11) is 0. The fourth-order valence-electron chi connectivity index (χ4n) is 2.39. The molecule has 2 heterocycles. The fourth-order valence-corrected chi connectivity index (χ4v) is 3.03. The van der Waals surface area contributed by atoms with Crippen molar-refractivity contribution in [2.45, 2.75) is 32.4 Å². The molecule has 110 valence electrons. The number of amides is 2. The van der Waals surface area contributed by atoms with E-state index in [9.17, 15) is 9.59 Å². The Morgan fingerprint density at radius 3 is 3.05 bits per heavy atom. The summed E-state index contributed by atoms with van der Waals surface area (Å²) in [4.78, 5) is 26.1. The lowest BCUT2D eigenvalue weighted by Crippen LogP contribution is -2.36. The van der Waals surface area contributed by atoms with Crippen LogP contribution in [0.25, 0.3) is 0 Å². The molecule has 0 unspecified atom stereocenters. The molecule has 2 amide bonds. The number of carbonyl (C=O) groups excluding carboxylic acids is 2. The van der Waals surface area contributed by atoms with Crippen LogP contribution in [0.5, 0.6) is 0 Å². The number of thiophene rings is 1. The molecule has 1 fully saturated rings. The summed E-state index contributed by atoms with van der Waals surface area (Å²) < 4.78 is 0. The van der Waals surface area contributed by atoms with Crippen molar-refractivity contribution in [3.8, 4) is 0 Å². The van der Waals surface area contributed by atoms with Crippen molar-refractivity contribution in [3.05, 3.63) is 22.4 Å². The molecular formula is C14H21N3O2S. The summed E-state index contributed by atoms with van der Waals surface area (Å²) in [5.74, 6) is 0.104. The first kappa shape index (κ1) is 15.0. The topological polar surface area (TPSA) is 61.4 Å². The lowest BCUT2D eigenvalue weighted by atomic mass is 10.2. The number of nitrogens with zero attached hydrogens (tertiary/aromatic N) is 1. The molecule has 1 saturated heterocycles. The second-order valence-corrected chi connectivity index (χ2v) is 6.13. The van der Waals surface area contributed by atoms with E-state index in [0.29, 0.717) is 13.0 Å². The number of hydrogen-bond donors (Lipinski definition) is 2. The molecular weight excluding hydrogens is 274 g/mol. The van der Waals surface area contributed by atoms with Crippen molar-refractivity contribution in [1.82, 2.24) is 15.5 Å². The molecule has 1 aliphatic heterocycles. The highest BCUT2D eigenvalue weighted by Crippen LogP contribution is 2.10. The number of hydrogen-bond acceptors (Lipinski definition) is 4. The van der Waals surface area contributed by atoms with Gasteiger partial charge in [-0.3, -0.25) is 9.59 Å². The van der Waals surface area contributed by atoms with E-state index in [-0.39, 0.29) is 17.9 Å². The Kier molecular flexibility index (Phi) is 5.55. The summed E-state index contributed by atoms with van der Waals surface area (Å²) in [5.41, 5.74) is 0. The molecule has 0 radical (unpaired) electrons. The highest BCUT2D eigenvalue weighted by molar-refractivity contribution is 7.09. The molecule has 2 rings (SSSR count). The zero-order valence-corrected chi connectivity index (χ0v) is 12.5. The van der Waals surface area contributed by atoms with E-state index in [1.165, 1.54) is 4.88 Å². The SMILES string of the molecule is CC(=O)N[C@H]1CCN(CCC(=O)NCc2cccs2)C1. The van der Waals surface area contributed by atoms with Gasteiger partial charge in [-0.2, -0.15) is 0 Å². The van der Waals surface area contributed by atoms with Gasteiger partial charge in [-0.1, -0.05) is 6.07 Å². The second kappa shape index (κ2) is 7.40. The van der Waals surface area contributed by atoms with Crippen LogP contribution in [0.2, 0.25) is 0 Å². The Labute approximate surface area is 123 Å². The monoisotopic (exact) mass is 295 g/mol. The van der Waals surface area contributed by atoms with Gasteiger partial charge in [0.2, 0.25) is 11.8 Å².